The molecule has 0 heterocycles. The highest BCUT2D eigenvalue weighted by atomic mass is 32.2. The van der Waals surface area contributed by atoms with E-state index in [1.54, 1.807) is 0 Å². The number of nitrogens with one attached hydrogen (secondary N) is 2. The number of benzene rings is 2. The average molecular weight is 342 g/mol. The number of anilines is 2. The lowest BCUT2D eigenvalue weighted by Crippen LogP contribution is -2.18. The van der Waals surface area contributed by atoms with Crippen molar-refractivity contribution in [2.24, 2.45) is 0 Å². The van der Waals surface area contributed by atoms with Crippen molar-refractivity contribution in [3.63, 3.8) is 0 Å². The molecular weight excluding hydrogens is 320 g/mol. The Hall–Kier alpha value is -2.27. The number of aryl methyl sites for hydroxylation is 2. The Morgan fingerprint density at radius 1 is 0.917 bits per heavy atom. The summed E-state index contributed by atoms with van der Waals surface area (Å²) in [7, 11) is 0. The summed E-state index contributed by atoms with van der Waals surface area (Å²) in [5, 5.41) is 5.67. The van der Waals surface area contributed by atoms with Crippen molar-refractivity contribution in [3.8, 4) is 0 Å². The Bertz CT molecular complexity index is 699. The maximum absolute atomic E-state index is 11.9. The van der Waals surface area contributed by atoms with E-state index in [0.29, 0.717) is 0 Å². The van der Waals surface area contributed by atoms with E-state index in [1.807, 2.05) is 55.5 Å². The fourth-order valence-corrected chi connectivity index (χ4v) is 2.75. The third-order valence-corrected chi connectivity index (χ3v) is 4.35. The molecule has 2 aromatic rings. The molecule has 0 spiro atoms. The molecule has 2 N–H and O–H groups in total. The predicted octanol–water partition coefficient (Wildman–Crippen LogP) is 3.87. The molecule has 4 nitrogen and oxygen atoms in total. The second-order valence-corrected chi connectivity index (χ2v) is 6.49. The Kier molecular flexibility index (Phi) is 6.88. The van der Waals surface area contributed by atoms with Gasteiger partial charge in [0, 0.05) is 11.4 Å². The molecule has 0 saturated heterocycles. The van der Waals surface area contributed by atoms with Crippen molar-refractivity contribution in [1.82, 2.24) is 0 Å². The zero-order valence-electron chi connectivity index (χ0n) is 14.0. The molecule has 0 aliphatic carbocycles. The first-order valence-electron chi connectivity index (χ1n) is 7.90. The van der Waals surface area contributed by atoms with Crippen LogP contribution in [0.5, 0.6) is 0 Å². The summed E-state index contributed by atoms with van der Waals surface area (Å²) >= 11 is 1.30. The van der Waals surface area contributed by atoms with Crippen LogP contribution in [0.15, 0.2) is 48.5 Å². The van der Waals surface area contributed by atoms with Gasteiger partial charge < -0.3 is 10.6 Å². The molecule has 0 atom stereocenters. The summed E-state index contributed by atoms with van der Waals surface area (Å²) in [4.78, 5) is 23.8. The second kappa shape index (κ2) is 9.13. The number of amides is 2. The van der Waals surface area contributed by atoms with Crippen LogP contribution >= 0.6 is 11.8 Å². The Labute approximate surface area is 147 Å². The van der Waals surface area contributed by atoms with Gasteiger partial charge in [-0.15, -0.1) is 11.8 Å². The van der Waals surface area contributed by atoms with E-state index >= 15 is 0 Å². The third-order valence-electron chi connectivity index (χ3n) is 3.42. The zero-order valence-corrected chi connectivity index (χ0v) is 14.8. The minimum Gasteiger partial charge on any atom is -0.325 e. The Morgan fingerprint density at radius 2 is 1.54 bits per heavy atom. The molecule has 0 fully saturated rings. The van der Waals surface area contributed by atoms with E-state index in [0.717, 1.165) is 23.4 Å². The van der Waals surface area contributed by atoms with Crippen LogP contribution in [0.4, 0.5) is 11.4 Å². The number of rotatable bonds is 7. The topological polar surface area (TPSA) is 58.2 Å². The highest BCUT2D eigenvalue weighted by molar-refractivity contribution is 8.00. The highest BCUT2D eigenvalue weighted by Gasteiger charge is 2.07. The molecule has 0 saturated carbocycles. The van der Waals surface area contributed by atoms with Crippen molar-refractivity contribution in [2.45, 2.75) is 20.3 Å². The van der Waals surface area contributed by atoms with Crippen molar-refractivity contribution in [1.29, 1.82) is 0 Å². The number of carbonyl (C=O) groups is 2. The van der Waals surface area contributed by atoms with Crippen LogP contribution in [0.1, 0.15) is 18.1 Å². The molecule has 5 heteroatoms. The van der Waals surface area contributed by atoms with Crippen LogP contribution in [0.3, 0.4) is 0 Å². The van der Waals surface area contributed by atoms with E-state index < -0.39 is 0 Å². The molecule has 0 bridgehead atoms. The fourth-order valence-electron chi connectivity index (χ4n) is 2.14. The monoisotopic (exact) mass is 342 g/mol. The van der Waals surface area contributed by atoms with Crippen LogP contribution in [0, 0.1) is 6.92 Å². The van der Waals surface area contributed by atoms with Crippen LogP contribution in [0.25, 0.3) is 0 Å². The van der Waals surface area contributed by atoms with Gasteiger partial charge in [-0.1, -0.05) is 36.8 Å². The standard InChI is InChI=1S/C19H22N2O2S/c1-3-15-5-4-6-17(11-15)21-19(23)13-24-12-18(22)20-16-9-7-14(2)8-10-16/h4-11H,3,12-13H2,1-2H3,(H,20,22)(H,21,23). The molecule has 2 rings (SSSR count). The van der Waals surface area contributed by atoms with Crippen LogP contribution < -0.4 is 10.6 Å². The number of hydrogen-bond acceptors (Lipinski definition) is 3. The van der Waals surface area contributed by atoms with Gasteiger partial charge in [-0.3, -0.25) is 9.59 Å². The molecular formula is C19H22N2O2S. The lowest BCUT2D eigenvalue weighted by Gasteiger charge is -2.07. The largest absolute Gasteiger partial charge is 0.325 e. The van der Waals surface area contributed by atoms with Crippen LogP contribution in [0.2, 0.25) is 0 Å². The van der Waals surface area contributed by atoms with Crippen molar-refractivity contribution in [2.75, 3.05) is 22.1 Å². The molecule has 24 heavy (non-hydrogen) atoms. The van der Waals surface area contributed by atoms with Crippen LogP contribution in [-0.2, 0) is 16.0 Å². The van der Waals surface area contributed by atoms with E-state index in [-0.39, 0.29) is 23.3 Å². The minimum atomic E-state index is -0.107. The maximum Gasteiger partial charge on any atom is 0.234 e. The molecule has 126 valence electrons. The summed E-state index contributed by atoms with van der Waals surface area (Å²) in [6.07, 6.45) is 0.928. The number of thioether (sulfide) groups is 1. The molecule has 2 amide bonds. The quantitative estimate of drug-likeness (QED) is 0.803. The summed E-state index contributed by atoms with van der Waals surface area (Å²) in [5.74, 6) is 0.287. The van der Waals surface area contributed by atoms with Crippen molar-refractivity contribution >= 4 is 35.0 Å². The number of hydrogen-bond donors (Lipinski definition) is 2. The molecule has 0 aromatic heterocycles. The molecule has 0 radical (unpaired) electrons. The lowest BCUT2D eigenvalue weighted by atomic mass is 10.1. The van der Waals surface area contributed by atoms with Gasteiger partial charge in [0.1, 0.15) is 0 Å². The van der Waals surface area contributed by atoms with Gasteiger partial charge in [0.05, 0.1) is 11.5 Å². The minimum absolute atomic E-state index is 0.101. The lowest BCUT2D eigenvalue weighted by molar-refractivity contribution is -0.114. The average Bonchev–Trinajstić information content (AvgIpc) is 2.57. The first-order chi connectivity index (χ1) is 11.6. The maximum atomic E-state index is 11.9. The van der Waals surface area contributed by atoms with Gasteiger partial charge in [-0.25, -0.2) is 0 Å². The van der Waals surface area contributed by atoms with Crippen LogP contribution in [-0.4, -0.2) is 23.3 Å². The normalized spacial score (nSPS) is 10.2. The molecule has 0 aliphatic rings. The van der Waals surface area contributed by atoms with Crippen molar-refractivity contribution in [3.05, 3.63) is 59.7 Å². The Balaban J connectivity index is 1.71. The zero-order chi connectivity index (χ0) is 17.4. The van der Waals surface area contributed by atoms with Gasteiger partial charge in [0.25, 0.3) is 0 Å². The summed E-state index contributed by atoms with van der Waals surface area (Å²) in [6, 6.07) is 15.4. The second-order valence-electron chi connectivity index (χ2n) is 5.51. The summed E-state index contributed by atoms with van der Waals surface area (Å²) < 4.78 is 0. The highest BCUT2D eigenvalue weighted by Crippen LogP contribution is 2.13. The molecule has 0 unspecified atom stereocenters. The SMILES string of the molecule is CCc1cccc(NC(=O)CSCC(=O)Nc2ccc(C)cc2)c1. The van der Waals surface area contributed by atoms with Gasteiger partial charge in [0.15, 0.2) is 0 Å². The van der Waals surface area contributed by atoms with E-state index in [4.69, 9.17) is 0 Å². The van der Waals surface area contributed by atoms with Crippen molar-refractivity contribution < 1.29 is 9.59 Å². The first-order valence-corrected chi connectivity index (χ1v) is 9.05. The van der Waals surface area contributed by atoms with Gasteiger partial charge >= 0.3 is 0 Å². The van der Waals surface area contributed by atoms with Gasteiger partial charge in [-0.2, -0.15) is 0 Å². The smallest absolute Gasteiger partial charge is 0.234 e. The van der Waals surface area contributed by atoms with E-state index in [2.05, 4.69) is 17.6 Å². The fraction of sp³-hybridized carbons (Fsp3) is 0.263. The predicted molar refractivity (Wildman–Crippen MR) is 102 cm³/mol. The first kappa shape index (κ1) is 18.1. The van der Waals surface area contributed by atoms with E-state index in [9.17, 15) is 9.59 Å². The van der Waals surface area contributed by atoms with Gasteiger partial charge in [-0.05, 0) is 43.2 Å². The summed E-state index contributed by atoms with van der Waals surface area (Å²) in [6.45, 7) is 4.07. The number of carbonyl (C=O) groups excluding carboxylic acids is 2. The summed E-state index contributed by atoms with van der Waals surface area (Å²) in [5.41, 5.74) is 3.89. The molecule has 0 aliphatic heterocycles. The van der Waals surface area contributed by atoms with E-state index in [1.165, 1.54) is 17.3 Å². The Morgan fingerprint density at radius 3 is 2.17 bits per heavy atom. The van der Waals surface area contributed by atoms with Gasteiger partial charge in [0.2, 0.25) is 11.8 Å². The molecule has 2 aromatic carbocycles. The third kappa shape index (κ3) is 6.08.